The summed E-state index contributed by atoms with van der Waals surface area (Å²) in [5, 5.41) is 5.55. The minimum Gasteiger partial charge on any atom is -0.495 e. The largest absolute Gasteiger partial charge is 0.495 e. The Morgan fingerprint density at radius 1 is 0.879 bits per heavy atom. The van der Waals surface area contributed by atoms with Crippen molar-refractivity contribution in [3.63, 3.8) is 0 Å². The van der Waals surface area contributed by atoms with Gasteiger partial charge in [0.25, 0.3) is 11.8 Å². The lowest BCUT2D eigenvalue weighted by molar-refractivity contribution is -0.118. The third-order valence-corrected chi connectivity index (χ3v) is 4.65. The van der Waals surface area contributed by atoms with E-state index >= 15 is 0 Å². The number of methoxy groups -OCH3 is 3. The van der Waals surface area contributed by atoms with E-state index in [1.807, 2.05) is 6.07 Å². The monoisotopic (exact) mass is 451 g/mol. The van der Waals surface area contributed by atoms with Crippen LogP contribution >= 0.6 is 0 Å². The molecular weight excluding hydrogens is 426 g/mol. The molecule has 0 bridgehead atoms. The van der Waals surface area contributed by atoms with Gasteiger partial charge in [0.2, 0.25) is 5.88 Å². The normalized spacial score (nSPS) is 10.2. The maximum Gasteiger partial charge on any atom is 0.262 e. The second kappa shape index (κ2) is 11.4. The summed E-state index contributed by atoms with van der Waals surface area (Å²) in [7, 11) is 4.50. The molecule has 0 atom stereocenters. The van der Waals surface area contributed by atoms with Crippen LogP contribution in [0.5, 0.6) is 23.1 Å². The third-order valence-electron chi connectivity index (χ3n) is 4.65. The maximum absolute atomic E-state index is 12.6. The number of anilines is 1. The number of ether oxygens (including phenoxy) is 4. The number of carbonyl (C=O) groups excluding carboxylic acids is 2. The molecule has 2 amide bonds. The summed E-state index contributed by atoms with van der Waals surface area (Å²) in [6.45, 7) is 0.000284. The first-order chi connectivity index (χ1) is 16.0. The van der Waals surface area contributed by atoms with Crippen LogP contribution in [-0.2, 0) is 11.3 Å². The van der Waals surface area contributed by atoms with Crippen LogP contribution in [0.3, 0.4) is 0 Å². The van der Waals surface area contributed by atoms with E-state index < -0.39 is 0 Å². The number of amides is 2. The Kier molecular flexibility index (Phi) is 8.07. The van der Waals surface area contributed by atoms with Gasteiger partial charge >= 0.3 is 0 Å². The molecule has 0 aliphatic carbocycles. The predicted octanol–water partition coefficient (Wildman–Crippen LogP) is 3.05. The molecule has 0 unspecified atom stereocenters. The zero-order valence-corrected chi connectivity index (χ0v) is 18.6. The van der Waals surface area contributed by atoms with Gasteiger partial charge in [0.15, 0.2) is 18.1 Å². The van der Waals surface area contributed by atoms with Crippen molar-refractivity contribution in [2.45, 2.75) is 6.54 Å². The Balaban J connectivity index is 1.60. The zero-order valence-electron chi connectivity index (χ0n) is 18.6. The number of nitrogens with one attached hydrogen (secondary N) is 2. The lowest BCUT2D eigenvalue weighted by Crippen LogP contribution is -2.23. The van der Waals surface area contributed by atoms with Crippen molar-refractivity contribution >= 4 is 17.5 Å². The smallest absolute Gasteiger partial charge is 0.262 e. The molecule has 1 aromatic heterocycles. The predicted molar refractivity (Wildman–Crippen MR) is 122 cm³/mol. The van der Waals surface area contributed by atoms with Crippen LogP contribution in [0.25, 0.3) is 0 Å². The van der Waals surface area contributed by atoms with Gasteiger partial charge in [-0.05, 0) is 36.4 Å². The lowest BCUT2D eigenvalue weighted by atomic mass is 10.1. The fourth-order valence-corrected chi connectivity index (χ4v) is 3.03. The topological polar surface area (TPSA) is 108 Å². The van der Waals surface area contributed by atoms with E-state index in [-0.39, 0.29) is 25.0 Å². The van der Waals surface area contributed by atoms with Gasteiger partial charge < -0.3 is 29.6 Å². The molecule has 0 aliphatic rings. The summed E-state index contributed by atoms with van der Waals surface area (Å²) in [6, 6.07) is 15.4. The van der Waals surface area contributed by atoms with E-state index in [1.54, 1.807) is 54.7 Å². The fraction of sp³-hybridized carbons (Fsp3) is 0.208. The lowest BCUT2D eigenvalue weighted by Gasteiger charge is -2.13. The van der Waals surface area contributed by atoms with Gasteiger partial charge in [0.05, 0.1) is 27.0 Å². The molecule has 9 nitrogen and oxygen atoms in total. The molecule has 2 aromatic carbocycles. The molecule has 33 heavy (non-hydrogen) atoms. The van der Waals surface area contributed by atoms with Crippen molar-refractivity contribution in [1.82, 2.24) is 10.3 Å². The van der Waals surface area contributed by atoms with Crippen molar-refractivity contribution in [1.29, 1.82) is 0 Å². The van der Waals surface area contributed by atoms with Crippen LogP contribution in [0, 0.1) is 0 Å². The number of para-hydroxylation sites is 2. The fourth-order valence-electron chi connectivity index (χ4n) is 3.03. The molecular formula is C24H25N3O6. The second-order valence-corrected chi connectivity index (χ2v) is 6.76. The Bertz CT molecular complexity index is 1120. The average Bonchev–Trinajstić information content (AvgIpc) is 2.86. The third kappa shape index (κ3) is 6.13. The van der Waals surface area contributed by atoms with Crippen LogP contribution in [0.4, 0.5) is 5.69 Å². The highest BCUT2D eigenvalue weighted by molar-refractivity contribution is 5.95. The number of carbonyl (C=O) groups is 2. The number of hydrogen-bond acceptors (Lipinski definition) is 7. The van der Waals surface area contributed by atoms with Crippen molar-refractivity contribution in [3.05, 3.63) is 71.9 Å². The molecule has 3 aromatic rings. The van der Waals surface area contributed by atoms with Crippen molar-refractivity contribution in [3.8, 4) is 23.1 Å². The molecule has 9 heteroatoms. The van der Waals surface area contributed by atoms with Crippen molar-refractivity contribution in [2.24, 2.45) is 0 Å². The average molecular weight is 451 g/mol. The Hall–Kier alpha value is -4.27. The molecule has 172 valence electrons. The van der Waals surface area contributed by atoms with E-state index in [0.29, 0.717) is 34.4 Å². The van der Waals surface area contributed by atoms with Gasteiger partial charge in [-0.25, -0.2) is 4.98 Å². The zero-order chi connectivity index (χ0) is 23.6. The molecule has 0 radical (unpaired) electrons. The molecule has 1 heterocycles. The number of rotatable bonds is 10. The molecule has 3 rings (SSSR count). The van der Waals surface area contributed by atoms with Gasteiger partial charge in [0, 0.05) is 23.9 Å². The van der Waals surface area contributed by atoms with E-state index in [4.69, 9.17) is 18.9 Å². The summed E-state index contributed by atoms with van der Waals surface area (Å²) >= 11 is 0. The number of aromatic nitrogens is 1. The molecule has 2 N–H and O–H groups in total. The molecule has 0 saturated heterocycles. The van der Waals surface area contributed by atoms with E-state index in [9.17, 15) is 9.59 Å². The van der Waals surface area contributed by atoms with Gasteiger partial charge in [-0.3, -0.25) is 9.59 Å². The van der Waals surface area contributed by atoms with Crippen molar-refractivity contribution < 1.29 is 28.5 Å². The maximum atomic E-state index is 12.6. The van der Waals surface area contributed by atoms with E-state index in [0.717, 1.165) is 5.56 Å². The Morgan fingerprint density at radius 3 is 2.42 bits per heavy atom. The highest BCUT2D eigenvalue weighted by Gasteiger charge is 2.14. The highest BCUT2D eigenvalue weighted by Crippen LogP contribution is 2.28. The summed E-state index contributed by atoms with van der Waals surface area (Å²) < 4.78 is 21.3. The SMILES string of the molecule is COc1ccccc1NC(=O)COc1ccc(C(=O)NCc2cccnc2OC)cc1OC. The van der Waals surface area contributed by atoms with Crippen LogP contribution in [-0.4, -0.2) is 44.7 Å². The van der Waals surface area contributed by atoms with E-state index in [1.165, 1.54) is 21.3 Å². The number of hydrogen-bond donors (Lipinski definition) is 2. The minimum atomic E-state index is -0.367. The van der Waals surface area contributed by atoms with Crippen LogP contribution in [0.15, 0.2) is 60.8 Å². The molecule has 0 fully saturated rings. The van der Waals surface area contributed by atoms with Crippen LogP contribution in [0.2, 0.25) is 0 Å². The van der Waals surface area contributed by atoms with Crippen LogP contribution in [0.1, 0.15) is 15.9 Å². The Labute approximate surface area is 191 Å². The van der Waals surface area contributed by atoms with Crippen LogP contribution < -0.4 is 29.6 Å². The summed E-state index contributed by atoms with van der Waals surface area (Å²) in [5.74, 6) is 0.978. The quantitative estimate of drug-likeness (QED) is 0.488. The highest BCUT2D eigenvalue weighted by atomic mass is 16.5. The summed E-state index contributed by atoms with van der Waals surface area (Å²) in [5.41, 5.74) is 1.67. The number of benzene rings is 2. The summed E-state index contributed by atoms with van der Waals surface area (Å²) in [4.78, 5) is 29.0. The van der Waals surface area contributed by atoms with Gasteiger partial charge in [-0.15, -0.1) is 0 Å². The minimum absolute atomic E-state index is 0.249. The summed E-state index contributed by atoms with van der Waals surface area (Å²) in [6.07, 6.45) is 1.62. The van der Waals surface area contributed by atoms with Crippen molar-refractivity contribution in [2.75, 3.05) is 33.3 Å². The first-order valence-corrected chi connectivity index (χ1v) is 10.1. The molecule has 0 aliphatic heterocycles. The van der Waals surface area contributed by atoms with E-state index in [2.05, 4.69) is 15.6 Å². The molecule has 0 spiro atoms. The first kappa shape index (κ1) is 23.4. The van der Waals surface area contributed by atoms with Gasteiger partial charge in [-0.2, -0.15) is 0 Å². The second-order valence-electron chi connectivity index (χ2n) is 6.76. The van der Waals surface area contributed by atoms with Gasteiger partial charge in [-0.1, -0.05) is 18.2 Å². The van der Waals surface area contributed by atoms with Gasteiger partial charge in [0.1, 0.15) is 5.75 Å². The standard InChI is InChI=1S/C24H25N3O6/c1-30-19-9-5-4-8-18(19)27-22(28)15-33-20-11-10-16(13-21(20)31-2)23(29)26-14-17-7-6-12-25-24(17)32-3/h4-13H,14-15H2,1-3H3,(H,26,29)(H,27,28). The number of pyridine rings is 1. The first-order valence-electron chi connectivity index (χ1n) is 10.1. The number of nitrogens with zero attached hydrogens (tertiary/aromatic N) is 1. The molecule has 0 saturated carbocycles. The Morgan fingerprint density at radius 2 is 1.67 bits per heavy atom.